The summed E-state index contributed by atoms with van der Waals surface area (Å²) in [4.78, 5) is 17.2. The molecule has 220 valence electrons. The molecule has 3 aromatic rings. The van der Waals surface area contributed by atoms with Crippen molar-refractivity contribution in [2.45, 2.75) is 43.9 Å². The van der Waals surface area contributed by atoms with E-state index in [1.54, 1.807) is 19.1 Å². The Kier molecular flexibility index (Phi) is 11.3. The highest BCUT2D eigenvalue weighted by Crippen LogP contribution is 2.45. The van der Waals surface area contributed by atoms with E-state index >= 15 is 0 Å². The smallest absolute Gasteiger partial charge is 0.225 e. The van der Waals surface area contributed by atoms with Gasteiger partial charge in [0.25, 0.3) is 0 Å². The first kappa shape index (κ1) is 30.7. The standard InChI is InChI=1S/C34H44N2O5/c1-35-20-18-34(19-21-35,29-12-8-5-9-13-29)30-24-27(14-15-31(30)37)16-22-41-23-17-32(38)36(26-33(39-2)40-3)25-28-10-6-4-7-11-28/h4-15,24,33,37H,16-23,25-26H2,1-3H3. The molecule has 0 atom stereocenters. The Bertz CT molecular complexity index is 1210. The van der Waals surface area contributed by atoms with Crippen LogP contribution in [0.4, 0.5) is 0 Å². The fourth-order valence-corrected chi connectivity index (χ4v) is 5.69. The van der Waals surface area contributed by atoms with Crippen LogP contribution in [0.25, 0.3) is 0 Å². The van der Waals surface area contributed by atoms with E-state index in [4.69, 9.17) is 14.2 Å². The van der Waals surface area contributed by atoms with Gasteiger partial charge in [-0.15, -0.1) is 0 Å². The first-order chi connectivity index (χ1) is 19.9. The Morgan fingerprint density at radius 2 is 1.59 bits per heavy atom. The second kappa shape index (κ2) is 15.1. The third kappa shape index (κ3) is 8.17. The van der Waals surface area contributed by atoms with Gasteiger partial charge in [0.2, 0.25) is 5.91 Å². The fraction of sp³-hybridized carbons (Fsp3) is 0.441. The van der Waals surface area contributed by atoms with Crippen molar-refractivity contribution < 1.29 is 24.1 Å². The molecule has 7 heteroatoms. The number of likely N-dealkylation sites (tertiary alicyclic amines) is 1. The van der Waals surface area contributed by atoms with Crippen molar-refractivity contribution in [3.63, 3.8) is 0 Å². The second-order valence-corrected chi connectivity index (χ2v) is 10.9. The molecule has 0 unspecified atom stereocenters. The second-order valence-electron chi connectivity index (χ2n) is 10.9. The SMILES string of the molecule is COC(CN(Cc1ccccc1)C(=O)CCOCCc1ccc(O)c(C2(c3ccccc3)CCN(C)CC2)c1)OC. The van der Waals surface area contributed by atoms with Crippen LogP contribution in [0.1, 0.15) is 41.5 Å². The molecule has 0 spiro atoms. The number of methoxy groups -OCH3 is 2. The quantitative estimate of drug-likeness (QED) is 0.221. The van der Waals surface area contributed by atoms with Crippen molar-refractivity contribution in [1.29, 1.82) is 0 Å². The highest BCUT2D eigenvalue weighted by molar-refractivity contribution is 5.76. The number of carbonyl (C=O) groups is 1. The van der Waals surface area contributed by atoms with Gasteiger partial charge in [-0.05, 0) is 62.2 Å². The van der Waals surface area contributed by atoms with Gasteiger partial charge >= 0.3 is 0 Å². The normalized spacial score (nSPS) is 15.2. The molecule has 1 heterocycles. The molecule has 0 aromatic heterocycles. The average molecular weight is 561 g/mol. The van der Waals surface area contributed by atoms with Crippen molar-refractivity contribution >= 4 is 5.91 Å². The van der Waals surface area contributed by atoms with E-state index in [1.807, 2.05) is 48.5 Å². The number of benzene rings is 3. The van der Waals surface area contributed by atoms with Gasteiger partial charge in [-0.2, -0.15) is 0 Å². The monoisotopic (exact) mass is 560 g/mol. The van der Waals surface area contributed by atoms with Crippen molar-refractivity contribution in [2.24, 2.45) is 0 Å². The lowest BCUT2D eigenvalue weighted by atomic mass is 9.67. The van der Waals surface area contributed by atoms with Gasteiger partial charge in [-0.1, -0.05) is 72.8 Å². The van der Waals surface area contributed by atoms with Crippen LogP contribution in [-0.4, -0.2) is 81.2 Å². The molecule has 0 bridgehead atoms. The Hall–Kier alpha value is -3.23. The topological polar surface area (TPSA) is 71.5 Å². The Morgan fingerprint density at radius 3 is 2.24 bits per heavy atom. The van der Waals surface area contributed by atoms with Crippen LogP contribution in [0.5, 0.6) is 5.75 Å². The number of hydrogen-bond acceptors (Lipinski definition) is 6. The summed E-state index contributed by atoms with van der Waals surface area (Å²) in [5, 5.41) is 11.0. The van der Waals surface area contributed by atoms with E-state index in [0.717, 1.165) is 42.6 Å². The Morgan fingerprint density at radius 1 is 0.927 bits per heavy atom. The largest absolute Gasteiger partial charge is 0.508 e. The van der Waals surface area contributed by atoms with Crippen LogP contribution in [0.15, 0.2) is 78.9 Å². The van der Waals surface area contributed by atoms with E-state index in [2.05, 4.69) is 42.3 Å². The van der Waals surface area contributed by atoms with Crippen molar-refractivity contribution in [1.82, 2.24) is 9.80 Å². The molecule has 1 N–H and O–H groups in total. The molecule has 1 amide bonds. The summed E-state index contributed by atoms with van der Waals surface area (Å²) in [7, 11) is 5.30. The molecular weight excluding hydrogens is 516 g/mol. The van der Waals surface area contributed by atoms with Gasteiger partial charge in [0.05, 0.1) is 26.2 Å². The number of phenolic OH excluding ortho intramolecular Hbond substituents is 1. The number of ether oxygens (including phenoxy) is 3. The van der Waals surface area contributed by atoms with Crippen LogP contribution in [-0.2, 0) is 37.4 Å². The molecule has 1 saturated heterocycles. The van der Waals surface area contributed by atoms with Gasteiger partial charge in [-0.3, -0.25) is 4.79 Å². The van der Waals surface area contributed by atoms with E-state index in [-0.39, 0.29) is 17.7 Å². The minimum absolute atomic E-state index is 0.00746. The summed E-state index contributed by atoms with van der Waals surface area (Å²) in [6, 6.07) is 26.4. The maximum atomic E-state index is 13.1. The predicted octanol–water partition coefficient (Wildman–Crippen LogP) is 5.00. The van der Waals surface area contributed by atoms with E-state index in [1.165, 1.54) is 5.56 Å². The summed E-state index contributed by atoms with van der Waals surface area (Å²) < 4.78 is 16.6. The highest BCUT2D eigenvalue weighted by Gasteiger charge is 2.39. The van der Waals surface area contributed by atoms with Gasteiger partial charge in [0.1, 0.15) is 5.75 Å². The third-order valence-corrected chi connectivity index (χ3v) is 8.20. The molecule has 41 heavy (non-hydrogen) atoms. The zero-order valence-electron chi connectivity index (χ0n) is 24.6. The van der Waals surface area contributed by atoms with Crippen molar-refractivity contribution in [3.05, 3.63) is 101 Å². The molecule has 4 rings (SSSR count). The fourth-order valence-electron chi connectivity index (χ4n) is 5.69. The number of amides is 1. The molecule has 3 aromatic carbocycles. The summed E-state index contributed by atoms with van der Waals surface area (Å²) in [5.41, 5.74) is 4.19. The molecule has 1 aliphatic rings. The van der Waals surface area contributed by atoms with E-state index in [9.17, 15) is 9.90 Å². The van der Waals surface area contributed by atoms with Crippen LogP contribution in [0.3, 0.4) is 0 Å². The number of phenols is 1. The van der Waals surface area contributed by atoms with E-state index in [0.29, 0.717) is 38.5 Å². The average Bonchev–Trinajstić information content (AvgIpc) is 3.01. The predicted molar refractivity (Wildman–Crippen MR) is 161 cm³/mol. The summed E-state index contributed by atoms with van der Waals surface area (Å²) in [6.45, 7) is 3.61. The number of piperidine rings is 1. The number of carbonyl (C=O) groups excluding carboxylic acids is 1. The minimum atomic E-state index is -0.490. The van der Waals surface area contributed by atoms with Gasteiger partial charge < -0.3 is 29.1 Å². The molecule has 1 aliphatic heterocycles. The molecule has 0 aliphatic carbocycles. The van der Waals surface area contributed by atoms with Crippen LogP contribution in [0.2, 0.25) is 0 Å². The highest BCUT2D eigenvalue weighted by atomic mass is 16.7. The maximum Gasteiger partial charge on any atom is 0.225 e. The number of rotatable bonds is 14. The molecule has 1 fully saturated rings. The lowest BCUT2D eigenvalue weighted by Gasteiger charge is -2.42. The van der Waals surface area contributed by atoms with Crippen molar-refractivity contribution in [2.75, 3.05) is 54.1 Å². The van der Waals surface area contributed by atoms with Crippen LogP contribution < -0.4 is 0 Å². The minimum Gasteiger partial charge on any atom is -0.508 e. The molecule has 7 nitrogen and oxygen atoms in total. The van der Waals surface area contributed by atoms with Gasteiger partial charge in [-0.25, -0.2) is 0 Å². The number of aromatic hydroxyl groups is 1. The third-order valence-electron chi connectivity index (χ3n) is 8.20. The lowest BCUT2D eigenvalue weighted by molar-refractivity contribution is -0.147. The van der Waals surface area contributed by atoms with Gasteiger partial charge in [0.15, 0.2) is 6.29 Å². The number of hydrogen-bond donors (Lipinski definition) is 1. The first-order valence-corrected chi connectivity index (χ1v) is 14.5. The Balaban J connectivity index is 1.36. The molecule has 0 radical (unpaired) electrons. The number of nitrogens with zero attached hydrogens (tertiary/aromatic N) is 2. The van der Waals surface area contributed by atoms with Crippen LogP contribution >= 0.6 is 0 Å². The molecule has 0 saturated carbocycles. The zero-order valence-corrected chi connectivity index (χ0v) is 24.6. The van der Waals surface area contributed by atoms with E-state index < -0.39 is 6.29 Å². The van der Waals surface area contributed by atoms with Crippen molar-refractivity contribution in [3.8, 4) is 5.75 Å². The summed E-state index contributed by atoms with van der Waals surface area (Å²) in [5.74, 6) is 0.338. The Labute approximate surface area is 244 Å². The summed E-state index contributed by atoms with van der Waals surface area (Å²) in [6.07, 6.45) is 2.40. The molecular formula is C34H44N2O5. The maximum absolute atomic E-state index is 13.1. The summed E-state index contributed by atoms with van der Waals surface area (Å²) >= 11 is 0. The zero-order chi connectivity index (χ0) is 29.1. The lowest BCUT2D eigenvalue weighted by Crippen LogP contribution is -2.41. The van der Waals surface area contributed by atoms with Crippen LogP contribution in [0, 0.1) is 0 Å². The van der Waals surface area contributed by atoms with Gasteiger partial charge in [0, 0.05) is 31.7 Å². The first-order valence-electron chi connectivity index (χ1n) is 14.5.